The summed E-state index contributed by atoms with van der Waals surface area (Å²) >= 11 is 0. The smallest absolute Gasteiger partial charge is 0.187 e. The van der Waals surface area contributed by atoms with Crippen LogP contribution in [0.25, 0.3) is 0 Å². The van der Waals surface area contributed by atoms with Gasteiger partial charge < -0.3 is 144 Å². The molecule has 4 aliphatic carbocycles. The van der Waals surface area contributed by atoms with Crippen LogP contribution < -0.4 is 0 Å². The van der Waals surface area contributed by atoms with Crippen LogP contribution in [0.15, 0.2) is 11.6 Å². The van der Waals surface area contributed by atoms with Crippen LogP contribution >= 0.6 is 0 Å². The Morgan fingerprint density at radius 2 is 0.978 bits per heavy atom. The molecule has 0 spiro atoms. The predicted octanol–water partition coefficient (Wildman–Crippen LogP) is -5.41. The molecule has 0 aromatic rings. The molecule has 9 rings (SSSR count). The van der Waals surface area contributed by atoms with Crippen molar-refractivity contribution in [2.45, 2.75) is 284 Å². The van der Waals surface area contributed by atoms with E-state index in [1.165, 1.54) is 13.8 Å². The highest BCUT2D eigenvalue weighted by atomic mass is 16.8. The van der Waals surface area contributed by atoms with E-state index in [1.54, 1.807) is 0 Å². The van der Waals surface area contributed by atoms with Gasteiger partial charge in [-0.2, -0.15) is 0 Å². The molecule has 19 N–H and O–H groups in total. The quantitative estimate of drug-likeness (QED) is 0.0506. The minimum Gasteiger partial charge on any atom is -0.394 e. The van der Waals surface area contributed by atoms with Crippen molar-refractivity contribution in [3.8, 4) is 0 Å². The lowest BCUT2D eigenvalue weighted by molar-refractivity contribution is -0.380. The molecule has 35 atom stereocenters. The molecule has 0 bridgehead atoms. The van der Waals surface area contributed by atoms with E-state index >= 15 is 0 Å². The van der Waals surface area contributed by atoms with Crippen molar-refractivity contribution in [2.24, 2.45) is 45.3 Å². The van der Waals surface area contributed by atoms with Gasteiger partial charge in [0.1, 0.15) is 122 Å². The third-order valence-corrected chi connectivity index (χ3v) is 22.9. The van der Waals surface area contributed by atoms with Crippen LogP contribution in [-0.4, -0.2) is 308 Å². The van der Waals surface area contributed by atoms with Gasteiger partial charge in [-0.3, -0.25) is 0 Å². The second-order valence-corrected chi connectivity index (χ2v) is 28.7. The van der Waals surface area contributed by atoms with E-state index < -0.39 is 227 Å². The van der Waals surface area contributed by atoms with Crippen LogP contribution in [0.1, 0.15) is 107 Å². The molecule has 89 heavy (non-hydrogen) atoms. The Labute approximate surface area is 517 Å². The van der Waals surface area contributed by atoms with Crippen LogP contribution in [0.2, 0.25) is 0 Å². The van der Waals surface area contributed by atoms with Gasteiger partial charge in [0, 0.05) is 10.8 Å². The first-order chi connectivity index (χ1) is 41.7. The van der Waals surface area contributed by atoms with Gasteiger partial charge in [0.15, 0.2) is 31.5 Å². The summed E-state index contributed by atoms with van der Waals surface area (Å²) in [5.41, 5.74) is -2.49. The molecule has 0 amide bonds. The average molecular weight is 1290 g/mol. The maximum atomic E-state index is 12.8. The Morgan fingerprint density at radius 1 is 0.517 bits per heavy atom. The molecule has 516 valence electrons. The van der Waals surface area contributed by atoms with Crippen LogP contribution in [0.3, 0.4) is 0 Å². The summed E-state index contributed by atoms with van der Waals surface area (Å²) in [5, 5.41) is 205. The molecule has 29 nitrogen and oxygen atoms in total. The first-order valence-corrected chi connectivity index (χ1v) is 31.6. The van der Waals surface area contributed by atoms with Crippen LogP contribution in [0, 0.1) is 45.3 Å². The first-order valence-electron chi connectivity index (χ1n) is 31.6. The van der Waals surface area contributed by atoms with Gasteiger partial charge in [-0.25, -0.2) is 0 Å². The van der Waals surface area contributed by atoms with Crippen LogP contribution in [0.4, 0.5) is 0 Å². The minimum atomic E-state index is -1.96. The highest BCUT2D eigenvalue weighted by Crippen LogP contribution is 2.75. The zero-order chi connectivity index (χ0) is 65.5. The summed E-state index contributed by atoms with van der Waals surface area (Å²) in [6, 6.07) is 0. The van der Waals surface area contributed by atoms with Gasteiger partial charge in [0.25, 0.3) is 0 Å². The lowest BCUT2D eigenvalue weighted by Crippen LogP contribution is -2.66. The number of ether oxygens (including phenoxy) is 10. The fourth-order valence-electron chi connectivity index (χ4n) is 17.1. The van der Waals surface area contributed by atoms with E-state index in [-0.39, 0.29) is 35.5 Å². The lowest BCUT2D eigenvalue weighted by Gasteiger charge is -2.67. The van der Waals surface area contributed by atoms with E-state index in [1.807, 2.05) is 13.8 Å². The van der Waals surface area contributed by atoms with Crippen molar-refractivity contribution in [3.05, 3.63) is 11.6 Å². The fraction of sp³-hybridized carbons (Fsp3) is 0.967. The standard InChI is InChI=1S/C60H102O29/c1-23(9-13-35(57(4,5)79)87-55-50(89-54-47(77)42(72)38(68)29(20-63)83-54)43(73)39(69)31(85-55)22-80-51-45(75)40(70)36(66)27(18-61)81-51)24-15-16-58(6)32-12-10-25-26(60(32,8)33(65)17-59(24,58)7)11-14-34(56(25,2)3)86-52-48(78)44(74)49(30(21-64)84-52)88-53-46(76)41(71)37(67)28(19-62)82-53/h10,23-24,26-55,61-79H,9,11-22H2,1-8H3/t23-,24-,26-,27?,28?,29?,30?,31?,32+,33-,34+,35-,36?,37?,38?,39?,40?,41?,42?,43?,44?,45?,46?,47?,48?,49?,50?,51?,52?,53?,54?,55?,58+,59-,60+/m1/s1. The molecule has 5 heterocycles. The number of rotatable bonds is 20. The summed E-state index contributed by atoms with van der Waals surface area (Å²) in [7, 11) is 0. The molecule has 5 saturated heterocycles. The Bertz CT molecular complexity index is 2340. The topological polar surface area (TPSA) is 477 Å². The van der Waals surface area contributed by atoms with E-state index in [0.717, 1.165) is 18.4 Å². The SMILES string of the molecule is C[C@H](CC[C@@H](OC1OC(COC2OC(CO)C(O)C(O)C2O)C(O)C(O)C1OC1OC(CO)C(O)C(O)C1O)C(C)(C)O)[C@H]1CC[C@@]2(C)[C@@H]3CC=C4[C@@H](CC[C@H](OC5OC(CO)C(OC6OC(CO)C(O)C(O)C6O)C(O)C5O)C4(C)C)[C@]3(C)[C@H](O)C[C@]12C. The highest BCUT2D eigenvalue weighted by molar-refractivity contribution is 5.32. The molecule has 5 aliphatic heterocycles. The van der Waals surface area contributed by atoms with Crippen molar-refractivity contribution in [3.63, 3.8) is 0 Å². The number of hydrogen-bond acceptors (Lipinski definition) is 29. The largest absolute Gasteiger partial charge is 0.394 e. The molecule has 29 heteroatoms. The Kier molecular flexibility index (Phi) is 22.3. The third-order valence-electron chi connectivity index (χ3n) is 22.9. The van der Waals surface area contributed by atoms with E-state index in [0.29, 0.717) is 32.1 Å². The van der Waals surface area contributed by atoms with E-state index in [9.17, 15) is 97.0 Å². The van der Waals surface area contributed by atoms with Gasteiger partial charge >= 0.3 is 0 Å². The highest BCUT2D eigenvalue weighted by Gasteiger charge is 2.71. The maximum Gasteiger partial charge on any atom is 0.187 e. The number of hydrogen-bond donors (Lipinski definition) is 19. The first kappa shape index (κ1) is 71.9. The van der Waals surface area contributed by atoms with Crippen molar-refractivity contribution < 1.29 is 144 Å². The molecule has 3 saturated carbocycles. The molecular weight excluding hydrogens is 1180 g/mol. The monoisotopic (exact) mass is 1290 g/mol. The second-order valence-electron chi connectivity index (χ2n) is 28.7. The zero-order valence-electron chi connectivity index (χ0n) is 51.8. The van der Waals surface area contributed by atoms with Gasteiger partial charge in [-0.1, -0.05) is 53.2 Å². The average Bonchev–Trinajstić information content (AvgIpc) is 1.66. The summed E-state index contributed by atoms with van der Waals surface area (Å²) in [6.07, 6.45) is -37.7. The molecule has 25 unspecified atom stereocenters. The lowest BCUT2D eigenvalue weighted by atomic mass is 9.38. The summed E-state index contributed by atoms with van der Waals surface area (Å²) < 4.78 is 59.5. The minimum absolute atomic E-state index is 0.0310. The van der Waals surface area contributed by atoms with Crippen LogP contribution in [-0.2, 0) is 47.4 Å². The number of aliphatic hydroxyl groups is 19. The molecule has 0 aromatic carbocycles. The fourth-order valence-corrected chi connectivity index (χ4v) is 17.1. The number of allylic oxidation sites excluding steroid dienone is 1. The summed E-state index contributed by atoms with van der Waals surface area (Å²) in [5.74, 6) is -0.0172. The Hall–Kier alpha value is -1.42. The number of fused-ring (bicyclic) bond motifs is 5. The van der Waals surface area contributed by atoms with Gasteiger partial charge in [0.2, 0.25) is 0 Å². The van der Waals surface area contributed by atoms with E-state index in [4.69, 9.17) is 47.4 Å². The molecule has 0 aromatic heterocycles. The summed E-state index contributed by atoms with van der Waals surface area (Å²) in [6.45, 7) is 12.3. The van der Waals surface area contributed by atoms with E-state index in [2.05, 4.69) is 33.8 Å². The molecule has 0 radical (unpaired) electrons. The van der Waals surface area contributed by atoms with Gasteiger partial charge in [0.05, 0.1) is 56.9 Å². The van der Waals surface area contributed by atoms with Crippen LogP contribution in [0.5, 0.6) is 0 Å². The van der Waals surface area contributed by atoms with Crippen molar-refractivity contribution in [1.29, 1.82) is 0 Å². The third kappa shape index (κ3) is 13.0. The Morgan fingerprint density at radius 3 is 1.52 bits per heavy atom. The van der Waals surface area contributed by atoms with Gasteiger partial charge in [-0.15, -0.1) is 0 Å². The normalized spacial score (nSPS) is 51.8. The second kappa shape index (κ2) is 27.6. The maximum absolute atomic E-state index is 12.8. The van der Waals surface area contributed by atoms with Crippen molar-refractivity contribution in [1.82, 2.24) is 0 Å². The number of aliphatic hydroxyl groups excluding tert-OH is 18. The summed E-state index contributed by atoms with van der Waals surface area (Å²) in [4.78, 5) is 0. The molecule has 9 aliphatic rings. The molecule has 8 fully saturated rings. The van der Waals surface area contributed by atoms with Gasteiger partial charge in [-0.05, 0) is 99.7 Å². The molecular formula is C60H102O29. The van der Waals surface area contributed by atoms with Crippen molar-refractivity contribution >= 4 is 0 Å². The Balaban J connectivity index is 0.884. The van der Waals surface area contributed by atoms with Crippen molar-refractivity contribution in [2.75, 3.05) is 33.0 Å². The zero-order valence-corrected chi connectivity index (χ0v) is 51.8. The predicted molar refractivity (Wildman–Crippen MR) is 300 cm³/mol.